The number of hydrogen-bond acceptors (Lipinski definition) is 6. The van der Waals surface area contributed by atoms with Crippen LogP contribution in [-0.2, 0) is 23.6 Å². The molecule has 2 heterocycles. The topological polar surface area (TPSA) is 86.1 Å². The second-order valence-corrected chi connectivity index (χ2v) is 6.99. The molecule has 150 valence electrons. The van der Waals surface area contributed by atoms with Gasteiger partial charge in [0, 0.05) is 36.5 Å². The number of carbonyl (C=O) groups excluding carboxylic acids is 1. The van der Waals surface area contributed by atoms with E-state index in [9.17, 15) is 14.0 Å². The van der Waals surface area contributed by atoms with Crippen LogP contribution in [-0.4, -0.2) is 27.6 Å². The Morgan fingerprint density at radius 1 is 1.24 bits per heavy atom. The van der Waals surface area contributed by atoms with Crippen molar-refractivity contribution in [1.82, 2.24) is 19.9 Å². The second kappa shape index (κ2) is 9.83. The van der Waals surface area contributed by atoms with Crippen LogP contribution in [0.15, 0.2) is 64.9 Å². The third kappa shape index (κ3) is 5.89. The molecule has 0 aliphatic carbocycles. The summed E-state index contributed by atoms with van der Waals surface area (Å²) in [6.45, 7) is 0.280. The van der Waals surface area contributed by atoms with E-state index in [1.807, 2.05) is 0 Å². The van der Waals surface area contributed by atoms with E-state index in [1.54, 1.807) is 35.2 Å². The molecule has 1 amide bonds. The molecule has 0 spiro atoms. The number of amides is 1. The van der Waals surface area contributed by atoms with E-state index < -0.39 is 0 Å². The number of halogens is 1. The largest absolute Gasteiger partial charge is 0.491 e. The summed E-state index contributed by atoms with van der Waals surface area (Å²) in [4.78, 5) is 32.8. The molecule has 0 aliphatic rings. The minimum absolute atomic E-state index is 0.00335. The molecule has 0 aliphatic heterocycles. The lowest BCUT2D eigenvalue weighted by molar-refractivity contribution is -0.121. The Labute approximate surface area is 171 Å². The lowest BCUT2D eigenvalue weighted by Crippen LogP contribution is -2.28. The maximum atomic E-state index is 13.0. The number of carbonyl (C=O) groups is 1. The molecular weight excluding hydrogens is 395 g/mol. The number of benzene rings is 1. The number of rotatable bonds is 8. The van der Waals surface area contributed by atoms with Crippen molar-refractivity contribution in [3.8, 4) is 5.75 Å². The third-order valence-corrected chi connectivity index (χ3v) is 4.92. The molecule has 0 radical (unpaired) electrons. The zero-order valence-electron chi connectivity index (χ0n) is 15.7. The normalized spacial score (nSPS) is 10.6. The Balaban J connectivity index is 1.70. The van der Waals surface area contributed by atoms with Crippen molar-refractivity contribution in [2.45, 2.75) is 24.0 Å². The maximum Gasteiger partial charge on any atom is 0.240 e. The third-order valence-electron chi connectivity index (χ3n) is 4.01. The van der Waals surface area contributed by atoms with Gasteiger partial charge < -0.3 is 14.6 Å². The Bertz CT molecular complexity index is 1030. The average molecular weight is 414 g/mol. The highest BCUT2D eigenvalue weighted by molar-refractivity contribution is 7.98. The fourth-order valence-corrected chi connectivity index (χ4v) is 3.33. The summed E-state index contributed by atoms with van der Waals surface area (Å²) in [5.41, 5.74) is 1.17. The predicted octanol–water partition coefficient (Wildman–Crippen LogP) is 2.39. The summed E-state index contributed by atoms with van der Waals surface area (Å²) in [5, 5.41) is 3.36. The average Bonchev–Trinajstić information content (AvgIpc) is 2.74. The highest BCUT2D eigenvalue weighted by Gasteiger charge is 2.12. The second-order valence-electron chi connectivity index (χ2n) is 6.05. The minimum Gasteiger partial charge on any atom is -0.491 e. The molecule has 3 aromatic rings. The molecule has 7 nitrogen and oxygen atoms in total. The van der Waals surface area contributed by atoms with Crippen LogP contribution in [0.25, 0.3) is 0 Å². The van der Waals surface area contributed by atoms with Gasteiger partial charge >= 0.3 is 0 Å². The van der Waals surface area contributed by atoms with Crippen molar-refractivity contribution in [1.29, 1.82) is 0 Å². The molecule has 0 atom stereocenters. The molecule has 29 heavy (non-hydrogen) atoms. The number of aromatic nitrogens is 3. The first-order valence-corrected chi connectivity index (χ1v) is 9.72. The molecule has 2 aromatic heterocycles. The van der Waals surface area contributed by atoms with Crippen molar-refractivity contribution in [3.63, 3.8) is 0 Å². The molecule has 0 bridgehead atoms. The van der Waals surface area contributed by atoms with Crippen LogP contribution in [0.2, 0.25) is 0 Å². The van der Waals surface area contributed by atoms with E-state index in [1.165, 1.54) is 43.3 Å². The highest BCUT2D eigenvalue weighted by atomic mass is 32.2. The van der Waals surface area contributed by atoms with Gasteiger partial charge in [0.15, 0.2) is 10.9 Å². The van der Waals surface area contributed by atoms with Crippen molar-refractivity contribution in [2.75, 3.05) is 7.11 Å². The Hall–Kier alpha value is -3.20. The van der Waals surface area contributed by atoms with Gasteiger partial charge in [-0.2, -0.15) is 0 Å². The molecule has 0 saturated carbocycles. The van der Waals surface area contributed by atoms with E-state index in [2.05, 4.69) is 15.3 Å². The lowest BCUT2D eigenvalue weighted by Gasteiger charge is -2.14. The van der Waals surface area contributed by atoms with Crippen molar-refractivity contribution >= 4 is 17.7 Å². The van der Waals surface area contributed by atoms with Gasteiger partial charge in [-0.15, -0.1) is 0 Å². The standard InChI is InChI=1S/C20H19FN4O3S/c1-28-18-11-25(12-19(27)24-10-14-3-5-15(21)6-4-14)16(9-17(18)26)13-29-20-22-7-2-8-23-20/h2-9,11H,10,12-13H2,1H3,(H,24,27). The van der Waals surface area contributed by atoms with Crippen LogP contribution < -0.4 is 15.5 Å². The monoisotopic (exact) mass is 414 g/mol. The van der Waals surface area contributed by atoms with Gasteiger partial charge in [-0.05, 0) is 23.8 Å². The first kappa shape index (κ1) is 20.5. The van der Waals surface area contributed by atoms with Crippen LogP contribution in [0.5, 0.6) is 5.75 Å². The number of ether oxygens (including phenoxy) is 1. The molecule has 0 saturated heterocycles. The molecule has 3 rings (SSSR count). The quantitative estimate of drug-likeness (QED) is 0.450. The van der Waals surface area contributed by atoms with Crippen LogP contribution in [0.1, 0.15) is 11.3 Å². The molecular formula is C20H19FN4O3S. The zero-order chi connectivity index (χ0) is 20.6. The van der Waals surface area contributed by atoms with Crippen molar-refractivity contribution in [3.05, 3.63) is 82.3 Å². The number of thioether (sulfide) groups is 1. The van der Waals surface area contributed by atoms with E-state index in [0.29, 0.717) is 16.6 Å². The smallest absolute Gasteiger partial charge is 0.240 e. The van der Waals surface area contributed by atoms with Gasteiger partial charge in [0.05, 0.1) is 13.3 Å². The first-order chi connectivity index (χ1) is 14.0. The van der Waals surface area contributed by atoms with E-state index >= 15 is 0 Å². The van der Waals surface area contributed by atoms with Gasteiger partial charge in [0.25, 0.3) is 0 Å². The Morgan fingerprint density at radius 2 is 1.97 bits per heavy atom. The SMILES string of the molecule is COc1cn(CC(=O)NCc2ccc(F)cc2)c(CSc2ncccn2)cc1=O. The molecule has 1 aromatic carbocycles. The summed E-state index contributed by atoms with van der Waals surface area (Å²) in [6, 6.07) is 9.07. The van der Waals surface area contributed by atoms with Crippen LogP contribution in [0.3, 0.4) is 0 Å². The number of hydrogen-bond donors (Lipinski definition) is 1. The fourth-order valence-electron chi connectivity index (χ4n) is 2.53. The Kier molecular flexibility index (Phi) is 6.96. The summed E-state index contributed by atoms with van der Waals surface area (Å²) in [5.74, 6) is -0.0117. The van der Waals surface area contributed by atoms with Crippen LogP contribution in [0, 0.1) is 5.82 Å². The lowest BCUT2D eigenvalue weighted by atomic mass is 10.2. The number of nitrogens with one attached hydrogen (secondary N) is 1. The van der Waals surface area contributed by atoms with E-state index in [-0.39, 0.29) is 36.0 Å². The van der Waals surface area contributed by atoms with Gasteiger partial charge in [-0.3, -0.25) is 9.59 Å². The molecule has 9 heteroatoms. The summed E-state index contributed by atoms with van der Waals surface area (Å²) in [6.07, 6.45) is 4.79. The number of methoxy groups -OCH3 is 1. The van der Waals surface area contributed by atoms with Gasteiger partial charge in [0.1, 0.15) is 12.4 Å². The molecule has 0 fully saturated rings. The van der Waals surface area contributed by atoms with E-state index in [0.717, 1.165) is 5.56 Å². The van der Waals surface area contributed by atoms with Crippen molar-refractivity contribution < 1.29 is 13.9 Å². The van der Waals surface area contributed by atoms with Gasteiger partial charge in [-0.1, -0.05) is 23.9 Å². The predicted molar refractivity (Wildman–Crippen MR) is 107 cm³/mol. The van der Waals surface area contributed by atoms with Crippen LogP contribution >= 0.6 is 11.8 Å². The van der Waals surface area contributed by atoms with E-state index in [4.69, 9.17) is 4.74 Å². The summed E-state index contributed by atoms with van der Waals surface area (Å²) < 4.78 is 19.7. The number of nitrogens with zero attached hydrogens (tertiary/aromatic N) is 3. The van der Waals surface area contributed by atoms with Crippen LogP contribution in [0.4, 0.5) is 4.39 Å². The van der Waals surface area contributed by atoms with Crippen molar-refractivity contribution in [2.24, 2.45) is 0 Å². The Morgan fingerprint density at radius 3 is 2.66 bits per heavy atom. The summed E-state index contributed by atoms with van der Waals surface area (Å²) in [7, 11) is 1.40. The highest BCUT2D eigenvalue weighted by Crippen LogP contribution is 2.19. The maximum absolute atomic E-state index is 13.0. The fraction of sp³-hybridized carbons (Fsp3) is 0.200. The van der Waals surface area contributed by atoms with Gasteiger partial charge in [-0.25, -0.2) is 14.4 Å². The molecule has 1 N–H and O–H groups in total. The first-order valence-electron chi connectivity index (χ1n) is 8.73. The summed E-state index contributed by atoms with van der Waals surface area (Å²) >= 11 is 1.36. The molecule has 0 unspecified atom stereocenters. The van der Waals surface area contributed by atoms with Gasteiger partial charge in [0.2, 0.25) is 11.3 Å². The minimum atomic E-state index is -0.329. The zero-order valence-corrected chi connectivity index (χ0v) is 16.5. The number of pyridine rings is 1.